The monoisotopic (exact) mass is 242 g/mol. The molecule has 18 heavy (non-hydrogen) atoms. The summed E-state index contributed by atoms with van der Waals surface area (Å²) >= 11 is 0. The van der Waals surface area contributed by atoms with Crippen LogP contribution in [0.5, 0.6) is 0 Å². The van der Waals surface area contributed by atoms with Crippen molar-refractivity contribution in [1.29, 1.82) is 0 Å². The molecule has 0 bridgehead atoms. The van der Waals surface area contributed by atoms with Crippen LogP contribution in [0.15, 0.2) is 30.6 Å². The molecule has 4 heteroatoms. The molecule has 0 saturated heterocycles. The summed E-state index contributed by atoms with van der Waals surface area (Å²) in [6, 6.07) is 6.08. The van der Waals surface area contributed by atoms with Crippen molar-refractivity contribution in [3.63, 3.8) is 0 Å². The van der Waals surface area contributed by atoms with Gasteiger partial charge in [0.2, 0.25) is 0 Å². The Morgan fingerprint density at radius 1 is 1.22 bits per heavy atom. The summed E-state index contributed by atoms with van der Waals surface area (Å²) in [5.41, 5.74) is 8.76. The van der Waals surface area contributed by atoms with Crippen LogP contribution in [0.1, 0.15) is 24.9 Å². The molecule has 2 aromatic rings. The van der Waals surface area contributed by atoms with Crippen LogP contribution in [0, 0.1) is 6.92 Å². The molecule has 1 atom stereocenters. The summed E-state index contributed by atoms with van der Waals surface area (Å²) in [6.07, 6.45) is 5.26. The van der Waals surface area contributed by atoms with Gasteiger partial charge in [0.15, 0.2) is 0 Å². The van der Waals surface area contributed by atoms with Gasteiger partial charge in [-0.3, -0.25) is 4.98 Å². The molecule has 0 fully saturated rings. The van der Waals surface area contributed by atoms with Crippen molar-refractivity contribution in [2.45, 2.75) is 32.7 Å². The molecule has 0 aliphatic heterocycles. The van der Waals surface area contributed by atoms with E-state index in [4.69, 9.17) is 5.73 Å². The van der Waals surface area contributed by atoms with Crippen molar-refractivity contribution in [3.8, 4) is 11.3 Å². The molecule has 2 aromatic heterocycles. The Hall–Kier alpha value is -1.81. The highest BCUT2D eigenvalue weighted by molar-refractivity contribution is 5.58. The van der Waals surface area contributed by atoms with Gasteiger partial charge < -0.3 is 5.73 Å². The maximum absolute atomic E-state index is 5.76. The highest BCUT2D eigenvalue weighted by atomic mass is 14.9. The second kappa shape index (κ2) is 5.69. The number of aryl methyl sites for hydroxylation is 2. The number of aromatic nitrogens is 3. The van der Waals surface area contributed by atoms with Crippen molar-refractivity contribution >= 4 is 0 Å². The van der Waals surface area contributed by atoms with Crippen LogP contribution < -0.4 is 5.73 Å². The second-order valence-corrected chi connectivity index (χ2v) is 4.56. The van der Waals surface area contributed by atoms with Gasteiger partial charge >= 0.3 is 0 Å². The average Bonchev–Trinajstić information content (AvgIpc) is 2.37. The summed E-state index contributed by atoms with van der Waals surface area (Å²) in [6.45, 7) is 3.99. The Bertz CT molecular complexity index is 508. The lowest BCUT2D eigenvalue weighted by Gasteiger charge is -2.07. The van der Waals surface area contributed by atoms with Gasteiger partial charge in [-0.2, -0.15) is 0 Å². The van der Waals surface area contributed by atoms with Crippen LogP contribution in [0.3, 0.4) is 0 Å². The van der Waals surface area contributed by atoms with E-state index in [1.807, 2.05) is 32.0 Å². The van der Waals surface area contributed by atoms with Gasteiger partial charge in [0.1, 0.15) is 5.82 Å². The molecular formula is C14H18N4. The Kier molecular flexibility index (Phi) is 3.99. The summed E-state index contributed by atoms with van der Waals surface area (Å²) in [5, 5.41) is 0. The maximum atomic E-state index is 5.76. The molecule has 2 N–H and O–H groups in total. The zero-order valence-corrected chi connectivity index (χ0v) is 10.8. The summed E-state index contributed by atoms with van der Waals surface area (Å²) in [4.78, 5) is 13.0. The topological polar surface area (TPSA) is 64.7 Å². The van der Waals surface area contributed by atoms with Gasteiger partial charge in [0, 0.05) is 36.1 Å². The van der Waals surface area contributed by atoms with Crippen LogP contribution in [0.2, 0.25) is 0 Å². The van der Waals surface area contributed by atoms with E-state index in [1.54, 1.807) is 12.4 Å². The minimum absolute atomic E-state index is 0.179. The number of nitrogens with two attached hydrogens (primary N) is 1. The number of rotatable bonds is 4. The lowest BCUT2D eigenvalue weighted by atomic mass is 10.1. The summed E-state index contributed by atoms with van der Waals surface area (Å²) < 4.78 is 0. The Labute approximate surface area is 107 Å². The van der Waals surface area contributed by atoms with Gasteiger partial charge in [-0.25, -0.2) is 9.97 Å². The highest BCUT2D eigenvalue weighted by Crippen LogP contribution is 2.17. The maximum Gasteiger partial charge on any atom is 0.129 e. The average molecular weight is 242 g/mol. The Balaban J connectivity index is 2.27. The fourth-order valence-electron chi connectivity index (χ4n) is 1.77. The minimum Gasteiger partial charge on any atom is -0.328 e. The van der Waals surface area contributed by atoms with Crippen molar-refractivity contribution in [3.05, 3.63) is 42.1 Å². The van der Waals surface area contributed by atoms with E-state index in [0.717, 1.165) is 35.6 Å². The van der Waals surface area contributed by atoms with Crippen LogP contribution in [-0.4, -0.2) is 21.0 Å². The molecule has 0 amide bonds. The molecule has 0 aliphatic carbocycles. The lowest BCUT2D eigenvalue weighted by molar-refractivity contribution is 0.647. The number of nitrogens with zero attached hydrogens (tertiary/aromatic N) is 3. The third kappa shape index (κ3) is 3.34. The van der Waals surface area contributed by atoms with E-state index in [-0.39, 0.29) is 6.04 Å². The van der Waals surface area contributed by atoms with Crippen LogP contribution in [0.25, 0.3) is 11.3 Å². The van der Waals surface area contributed by atoms with Gasteiger partial charge in [-0.05, 0) is 38.5 Å². The van der Waals surface area contributed by atoms with Crippen molar-refractivity contribution in [2.75, 3.05) is 0 Å². The summed E-state index contributed by atoms with van der Waals surface area (Å²) in [5.74, 6) is 0.860. The van der Waals surface area contributed by atoms with E-state index >= 15 is 0 Å². The largest absolute Gasteiger partial charge is 0.328 e. The van der Waals surface area contributed by atoms with Gasteiger partial charge in [-0.15, -0.1) is 0 Å². The molecule has 0 saturated carbocycles. The third-order valence-electron chi connectivity index (χ3n) is 2.70. The third-order valence-corrected chi connectivity index (χ3v) is 2.70. The van der Waals surface area contributed by atoms with E-state index in [2.05, 4.69) is 15.0 Å². The molecule has 1 unspecified atom stereocenters. The van der Waals surface area contributed by atoms with Crippen LogP contribution >= 0.6 is 0 Å². The predicted molar refractivity (Wildman–Crippen MR) is 72.0 cm³/mol. The van der Waals surface area contributed by atoms with Crippen molar-refractivity contribution in [2.24, 2.45) is 5.73 Å². The lowest BCUT2D eigenvalue weighted by Crippen LogP contribution is -2.16. The van der Waals surface area contributed by atoms with Gasteiger partial charge in [0.05, 0.1) is 5.69 Å². The molecule has 94 valence electrons. The zero-order valence-electron chi connectivity index (χ0n) is 10.8. The number of pyridine rings is 1. The SMILES string of the molecule is Cc1cc(-c2ccncc2)nc(CCC(C)N)n1. The Morgan fingerprint density at radius 2 is 1.94 bits per heavy atom. The smallest absolute Gasteiger partial charge is 0.129 e. The first-order chi connectivity index (χ1) is 8.65. The van der Waals surface area contributed by atoms with E-state index in [9.17, 15) is 0 Å². The molecule has 4 nitrogen and oxygen atoms in total. The quantitative estimate of drug-likeness (QED) is 0.892. The predicted octanol–water partition coefficient (Wildman–Crippen LogP) is 2.13. The second-order valence-electron chi connectivity index (χ2n) is 4.56. The van der Waals surface area contributed by atoms with Crippen molar-refractivity contribution in [1.82, 2.24) is 15.0 Å². The van der Waals surface area contributed by atoms with Gasteiger partial charge in [0.25, 0.3) is 0 Å². The molecule has 0 aromatic carbocycles. The first-order valence-corrected chi connectivity index (χ1v) is 6.15. The van der Waals surface area contributed by atoms with E-state index < -0.39 is 0 Å². The first kappa shape index (κ1) is 12.6. The number of hydrogen-bond donors (Lipinski definition) is 1. The minimum atomic E-state index is 0.179. The normalized spacial score (nSPS) is 12.4. The standard InChI is InChI=1S/C14H18N4/c1-10(15)3-4-14-17-11(2)9-13(18-14)12-5-7-16-8-6-12/h5-10H,3-4,15H2,1-2H3. The molecule has 2 rings (SSSR count). The number of hydrogen-bond acceptors (Lipinski definition) is 4. The van der Waals surface area contributed by atoms with Crippen molar-refractivity contribution < 1.29 is 0 Å². The van der Waals surface area contributed by atoms with Crippen LogP contribution in [-0.2, 0) is 6.42 Å². The first-order valence-electron chi connectivity index (χ1n) is 6.15. The van der Waals surface area contributed by atoms with E-state index in [1.165, 1.54) is 0 Å². The Morgan fingerprint density at radius 3 is 2.61 bits per heavy atom. The molecule has 0 aliphatic rings. The van der Waals surface area contributed by atoms with Crippen LogP contribution in [0.4, 0.5) is 0 Å². The molecule has 2 heterocycles. The summed E-state index contributed by atoms with van der Waals surface area (Å²) in [7, 11) is 0. The van der Waals surface area contributed by atoms with Gasteiger partial charge in [-0.1, -0.05) is 0 Å². The molecular weight excluding hydrogens is 224 g/mol. The molecule has 0 radical (unpaired) electrons. The fraction of sp³-hybridized carbons (Fsp3) is 0.357. The fourth-order valence-corrected chi connectivity index (χ4v) is 1.77. The zero-order chi connectivity index (χ0) is 13.0. The van der Waals surface area contributed by atoms with E-state index in [0.29, 0.717) is 0 Å². The molecule has 0 spiro atoms. The highest BCUT2D eigenvalue weighted by Gasteiger charge is 2.05.